The summed E-state index contributed by atoms with van der Waals surface area (Å²) in [7, 11) is 0. The highest BCUT2D eigenvalue weighted by Gasteiger charge is 2.38. The fraction of sp³-hybridized carbons (Fsp3) is 0.333. The molecule has 0 atom stereocenters. The van der Waals surface area contributed by atoms with E-state index in [1.165, 1.54) is 22.6 Å². The van der Waals surface area contributed by atoms with Crippen molar-refractivity contribution in [3.63, 3.8) is 0 Å². The Morgan fingerprint density at radius 3 is 2.63 bits per heavy atom. The van der Waals surface area contributed by atoms with Crippen LogP contribution in [0.2, 0.25) is 0 Å². The van der Waals surface area contributed by atoms with Gasteiger partial charge in [-0.05, 0) is 43.0 Å². The molecule has 1 amide bonds. The average Bonchev–Trinajstić information content (AvgIpc) is 3.67. The number of aromatic nitrogens is 5. The van der Waals surface area contributed by atoms with Gasteiger partial charge in [0.15, 0.2) is 11.3 Å². The standard InChI is InChI=1S/C30H30F3N7O/c1-19-3-4-22(13-19)17-39-18-24(27(37-39)30(31,32)33)26-16-36-28-25(35-9-12-40(26)28)15-21-5-6-23(20(2)14-21)29(41)38-10-7-34-8-11-38/h4-6,9,12-14,16,18,34H,3,7-8,10-11,15,17H2,1-2H3. The molecular formula is C30H30F3N7O. The average molecular weight is 562 g/mol. The first-order chi connectivity index (χ1) is 19.7. The zero-order valence-electron chi connectivity index (χ0n) is 22.9. The Hall–Kier alpha value is -4.25. The van der Waals surface area contributed by atoms with E-state index < -0.39 is 11.9 Å². The molecule has 1 aliphatic heterocycles. The minimum atomic E-state index is -4.63. The minimum Gasteiger partial charge on any atom is -0.336 e. The van der Waals surface area contributed by atoms with Crippen LogP contribution in [0.1, 0.15) is 46.2 Å². The molecule has 1 aromatic carbocycles. The summed E-state index contributed by atoms with van der Waals surface area (Å²) in [5, 5.41) is 7.17. The lowest BCUT2D eigenvalue weighted by atomic mass is 10.0. The van der Waals surface area contributed by atoms with E-state index >= 15 is 0 Å². The quantitative estimate of drug-likeness (QED) is 0.365. The van der Waals surface area contributed by atoms with Crippen LogP contribution in [-0.2, 0) is 19.1 Å². The number of hydrogen-bond donors (Lipinski definition) is 1. The number of alkyl halides is 3. The van der Waals surface area contributed by atoms with Gasteiger partial charge in [0, 0.05) is 56.8 Å². The molecule has 0 bridgehead atoms. The van der Waals surface area contributed by atoms with Crippen molar-refractivity contribution < 1.29 is 18.0 Å². The van der Waals surface area contributed by atoms with Gasteiger partial charge < -0.3 is 10.2 Å². The first-order valence-corrected chi connectivity index (χ1v) is 13.6. The van der Waals surface area contributed by atoms with Gasteiger partial charge in [0.25, 0.3) is 5.91 Å². The fourth-order valence-electron chi connectivity index (χ4n) is 5.53. The number of halogens is 3. The van der Waals surface area contributed by atoms with Crippen molar-refractivity contribution in [2.45, 2.75) is 39.4 Å². The summed E-state index contributed by atoms with van der Waals surface area (Å²) in [5.74, 6) is 0.0186. The molecule has 0 spiro atoms. The summed E-state index contributed by atoms with van der Waals surface area (Å²) in [4.78, 5) is 23.8. The van der Waals surface area contributed by atoms with Crippen molar-refractivity contribution >= 4 is 11.6 Å². The van der Waals surface area contributed by atoms with Gasteiger partial charge in [0.05, 0.1) is 29.7 Å². The third-order valence-electron chi connectivity index (χ3n) is 7.57. The molecule has 1 saturated heterocycles. The van der Waals surface area contributed by atoms with Crippen LogP contribution >= 0.6 is 0 Å². The van der Waals surface area contributed by atoms with Crippen molar-refractivity contribution in [1.29, 1.82) is 0 Å². The number of carbonyl (C=O) groups is 1. The number of piperazine rings is 1. The van der Waals surface area contributed by atoms with E-state index in [1.807, 2.05) is 49.1 Å². The number of hydrogen-bond acceptors (Lipinski definition) is 5. The molecule has 0 radical (unpaired) electrons. The van der Waals surface area contributed by atoms with E-state index in [-0.39, 0.29) is 18.0 Å². The van der Waals surface area contributed by atoms with Gasteiger partial charge in [-0.3, -0.25) is 18.9 Å². The fourth-order valence-corrected chi connectivity index (χ4v) is 5.53. The normalized spacial score (nSPS) is 15.9. The van der Waals surface area contributed by atoms with Crippen LogP contribution < -0.4 is 5.32 Å². The molecule has 41 heavy (non-hydrogen) atoms. The highest BCUT2D eigenvalue weighted by molar-refractivity contribution is 5.95. The van der Waals surface area contributed by atoms with Gasteiger partial charge in [0.1, 0.15) is 0 Å². The molecule has 6 rings (SSSR count). The molecule has 4 heterocycles. The lowest BCUT2D eigenvalue weighted by Gasteiger charge is -2.28. The van der Waals surface area contributed by atoms with Crippen LogP contribution in [0.15, 0.2) is 66.3 Å². The molecule has 11 heteroatoms. The second-order valence-electron chi connectivity index (χ2n) is 10.6. The highest BCUT2D eigenvalue weighted by Crippen LogP contribution is 2.37. The summed E-state index contributed by atoms with van der Waals surface area (Å²) < 4.78 is 45.2. The second-order valence-corrected chi connectivity index (χ2v) is 10.6. The molecule has 1 fully saturated rings. The molecule has 1 N–H and O–H groups in total. The Bertz CT molecular complexity index is 1690. The Labute approximate surface area is 235 Å². The molecule has 212 valence electrons. The summed E-state index contributed by atoms with van der Waals surface area (Å²) >= 11 is 0. The molecule has 8 nitrogen and oxygen atoms in total. The van der Waals surface area contributed by atoms with E-state index in [9.17, 15) is 18.0 Å². The lowest BCUT2D eigenvalue weighted by molar-refractivity contribution is -0.141. The van der Waals surface area contributed by atoms with E-state index in [0.29, 0.717) is 42.1 Å². The van der Waals surface area contributed by atoms with Crippen LogP contribution in [0.5, 0.6) is 0 Å². The summed E-state index contributed by atoms with van der Waals surface area (Å²) in [6.45, 7) is 7.09. The number of nitrogens with zero attached hydrogens (tertiary/aromatic N) is 6. The lowest BCUT2D eigenvalue weighted by Crippen LogP contribution is -2.46. The monoisotopic (exact) mass is 561 g/mol. The Morgan fingerprint density at radius 1 is 1.12 bits per heavy atom. The van der Waals surface area contributed by atoms with Gasteiger partial charge >= 0.3 is 6.18 Å². The molecule has 3 aromatic heterocycles. The van der Waals surface area contributed by atoms with Crippen molar-refractivity contribution in [1.82, 2.24) is 34.4 Å². The number of imidazole rings is 1. The number of aryl methyl sites for hydroxylation is 1. The van der Waals surface area contributed by atoms with Gasteiger partial charge in [-0.15, -0.1) is 0 Å². The molecule has 1 aliphatic carbocycles. The highest BCUT2D eigenvalue weighted by atomic mass is 19.4. The number of carbonyl (C=O) groups excluding carboxylic acids is 1. The topological polar surface area (TPSA) is 80.4 Å². The minimum absolute atomic E-state index is 0.0186. The van der Waals surface area contributed by atoms with Gasteiger partial charge in [-0.2, -0.15) is 18.3 Å². The summed E-state index contributed by atoms with van der Waals surface area (Å²) in [5.41, 5.74) is 4.98. The molecule has 0 saturated carbocycles. The van der Waals surface area contributed by atoms with Crippen LogP contribution in [-0.4, -0.2) is 61.1 Å². The molecule has 4 aromatic rings. The van der Waals surface area contributed by atoms with E-state index in [1.54, 1.807) is 16.8 Å². The van der Waals surface area contributed by atoms with Crippen molar-refractivity contribution in [3.05, 3.63) is 94.4 Å². The Balaban J connectivity index is 1.30. The SMILES string of the molecule is CC1=CC(Cn2cc(-c3cnc4c(Cc5ccc(C(=O)N6CCNCC6)c(C)c5)nccn34)c(C(F)(F)F)n2)=CC1. The Morgan fingerprint density at radius 2 is 1.93 bits per heavy atom. The number of fused-ring (bicyclic) bond motifs is 1. The first-order valence-electron chi connectivity index (χ1n) is 13.6. The number of nitrogens with one attached hydrogen (secondary N) is 1. The molecule has 0 unspecified atom stereocenters. The number of rotatable bonds is 6. The van der Waals surface area contributed by atoms with Gasteiger partial charge in [-0.1, -0.05) is 29.9 Å². The number of allylic oxidation sites excluding steroid dienone is 4. The van der Waals surface area contributed by atoms with E-state index in [2.05, 4.69) is 20.4 Å². The van der Waals surface area contributed by atoms with E-state index in [4.69, 9.17) is 0 Å². The summed E-state index contributed by atoms with van der Waals surface area (Å²) in [6, 6.07) is 5.70. The third kappa shape index (κ3) is 5.41. The number of benzene rings is 1. The van der Waals surface area contributed by atoms with E-state index in [0.717, 1.165) is 36.2 Å². The van der Waals surface area contributed by atoms with Crippen LogP contribution in [0, 0.1) is 6.92 Å². The van der Waals surface area contributed by atoms with Gasteiger partial charge in [-0.25, -0.2) is 4.98 Å². The predicted molar refractivity (Wildman–Crippen MR) is 148 cm³/mol. The molecule has 2 aliphatic rings. The van der Waals surface area contributed by atoms with Crippen molar-refractivity contribution in [2.24, 2.45) is 0 Å². The smallest absolute Gasteiger partial charge is 0.336 e. The first kappa shape index (κ1) is 26.9. The Kier molecular flexibility index (Phi) is 6.98. The van der Waals surface area contributed by atoms with Crippen molar-refractivity contribution in [2.75, 3.05) is 26.2 Å². The van der Waals surface area contributed by atoms with Crippen LogP contribution in [0.3, 0.4) is 0 Å². The maximum atomic E-state index is 14.1. The predicted octanol–water partition coefficient (Wildman–Crippen LogP) is 4.83. The second kappa shape index (κ2) is 10.6. The largest absolute Gasteiger partial charge is 0.435 e. The zero-order chi connectivity index (χ0) is 28.7. The maximum Gasteiger partial charge on any atom is 0.435 e. The zero-order valence-corrected chi connectivity index (χ0v) is 22.9. The summed E-state index contributed by atoms with van der Waals surface area (Å²) in [6.07, 6.45) is 6.63. The molecular weight excluding hydrogens is 531 g/mol. The van der Waals surface area contributed by atoms with Crippen LogP contribution in [0.4, 0.5) is 13.2 Å². The maximum absolute atomic E-state index is 14.1. The number of amides is 1. The van der Waals surface area contributed by atoms with Crippen molar-refractivity contribution in [3.8, 4) is 11.3 Å². The van der Waals surface area contributed by atoms with Crippen LogP contribution in [0.25, 0.3) is 16.9 Å². The van der Waals surface area contributed by atoms with Gasteiger partial charge in [0.2, 0.25) is 0 Å². The third-order valence-corrected chi connectivity index (χ3v) is 7.57.